The summed E-state index contributed by atoms with van der Waals surface area (Å²) in [4.78, 5) is 0. The van der Waals surface area contributed by atoms with E-state index in [1.54, 1.807) is 7.11 Å². The third-order valence-electron chi connectivity index (χ3n) is 7.06. The van der Waals surface area contributed by atoms with Crippen molar-refractivity contribution in [2.24, 2.45) is 7.05 Å². The van der Waals surface area contributed by atoms with E-state index in [9.17, 15) is 0 Å². The van der Waals surface area contributed by atoms with Crippen molar-refractivity contribution < 1.29 is 9.30 Å². The molecular weight excluding hydrogens is 402 g/mol. The number of benzene rings is 3. The summed E-state index contributed by atoms with van der Waals surface area (Å²) in [6.45, 7) is 12.0. The molecule has 1 aliphatic rings. The fourth-order valence-electron chi connectivity index (χ4n) is 5.22. The molecule has 0 saturated heterocycles. The number of aryl methyl sites for hydroxylation is 1. The average molecular weight is 437 g/mol. The van der Waals surface area contributed by atoms with Crippen molar-refractivity contribution in [3.63, 3.8) is 0 Å². The Balaban J connectivity index is 2.04. The molecule has 0 aliphatic heterocycles. The van der Waals surface area contributed by atoms with Crippen LogP contribution in [0.5, 0.6) is 0 Å². The second kappa shape index (κ2) is 7.81. The molecule has 0 bridgehead atoms. The van der Waals surface area contributed by atoms with Gasteiger partial charge in [0, 0.05) is 13.2 Å². The molecule has 0 amide bonds. The monoisotopic (exact) mass is 436 g/mol. The van der Waals surface area contributed by atoms with Crippen molar-refractivity contribution in [3.05, 3.63) is 77.5 Å². The molecule has 5 rings (SSSR count). The SMILES string of the molecule is COCc1cc(C(C)(C)C)cc2c1-c1c3c(cc(C(C)C)cc3cc[n+]1C)-c1ccccc1-2. The number of methoxy groups -OCH3 is 1. The zero-order valence-corrected chi connectivity index (χ0v) is 20.9. The maximum absolute atomic E-state index is 5.76. The van der Waals surface area contributed by atoms with E-state index in [4.69, 9.17) is 4.74 Å². The van der Waals surface area contributed by atoms with Crippen LogP contribution in [-0.2, 0) is 23.8 Å². The first kappa shape index (κ1) is 21.9. The molecule has 0 unspecified atom stereocenters. The number of fused-ring (bicyclic) bond motifs is 5. The lowest BCUT2D eigenvalue weighted by Gasteiger charge is -2.23. The third-order valence-corrected chi connectivity index (χ3v) is 7.06. The molecule has 1 heterocycles. The number of ether oxygens (including phenoxy) is 1. The molecular formula is C31H34NO+. The minimum atomic E-state index is 0.0463. The lowest BCUT2D eigenvalue weighted by Crippen LogP contribution is -2.31. The summed E-state index contributed by atoms with van der Waals surface area (Å²) in [6.07, 6.45) is 2.21. The first-order chi connectivity index (χ1) is 15.7. The van der Waals surface area contributed by atoms with Crippen LogP contribution in [0.25, 0.3) is 44.3 Å². The Kier molecular flexibility index (Phi) is 5.17. The summed E-state index contributed by atoms with van der Waals surface area (Å²) in [5, 5.41) is 2.63. The number of rotatable bonds is 3. The summed E-state index contributed by atoms with van der Waals surface area (Å²) in [7, 11) is 3.97. The third kappa shape index (κ3) is 3.48. The fraction of sp³-hybridized carbons (Fsp3) is 0.323. The van der Waals surface area contributed by atoms with Gasteiger partial charge in [0.05, 0.1) is 17.6 Å². The molecule has 168 valence electrons. The van der Waals surface area contributed by atoms with E-state index in [0.717, 1.165) is 0 Å². The van der Waals surface area contributed by atoms with Crippen LogP contribution in [0.3, 0.4) is 0 Å². The van der Waals surface area contributed by atoms with Crippen LogP contribution < -0.4 is 4.57 Å². The quantitative estimate of drug-likeness (QED) is 0.266. The Morgan fingerprint density at radius 3 is 2.21 bits per heavy atom. The van der Waals surface area contributed by atoms with Crippen molar-refractivity contribution in [1.82, 2.24) is 0 Å². The first-order valence-electron chi connectivity index (χ1n) is 11.9. The predicted octanol–water partition coefficient (Wildman–Crippen LogP) is 7.55. The van der Waals surface area contributed by atoms with Crippen LogP contribution in [0, 0.1) is 0 Å². The average Bonchev–Trinajstić information content (AvgIpc) is 2.90. The largest absolute Gasteiger partial charge is 0.380 e. The highest BCUT2D eigenvalue weighted by molar-refractivity contribution is 6.12. The highest BCUT2D eigenvalue weighted by Crippen LogP contribution is 2.49. The second-order valence-electron chi connectivity index (χ2n) is 10.7. The van der Waals surface area contributed by atoms with Gasteiger partial charge in [-0.3, -0.25) is 0 Å². The van der Waals surface area contributed by atoms with Crippen LogP contribution in [0.15, 0.2) is 60.8 Å². The van der Waals surface area contributed by atoms with Gasteiger partial charge in [-0.25, -0.2) is 4.57 Å². The van der Waals surface area contributed by atoms with E-state index in [2.05, 4.69) is 107 Å². The molecule has 0 saturated carbocycles. The molecule has 1 aromatic heterocycles. The normalized spacial score (nSPS) is 12.6. The van der Waals surface area contributed by atoms with Gasteiger partial charge in [0.15, 0.2) is 6.20 Å². The van der Waals surface area contributed by atoms with E-state index in [1.165, 1.54) is 61.0 Å². The van der Waals surface area contributed by atoms with Crippen LogP contribution in [0.4, 0.5) is 0 Å². The van der Waals surface area contributed by atoms with Gasteiger partial charge in [-0.15, -0.1) is 0 Å². The van der Waals surface area contributed by atoms with Gasteiger partial charge >= 0.3 is 0 Å². The summed E-state index contributed by atoms with van der Waals surface area (Å²) in [5.41, 5.74) is 11.8. The number of aromatic nitrogens is 1. The van der Waals surface area contributed by atoms with Crippen LogP contribution >= 0.6 is 0 Å². The van der Waals surface area contributed by atoms with Gasteiger partial charge in [0.2, 0.25) is 5.69 Å². The summed E-state index contributed by atoms with van der Waals surface area (Å²) in [6, 6.07) is 20.8. The summed E-state index contributed by atoms with van der Waals surface area (Å²) >= 11 is 0. The van der Waals surface area contributed by atoms with Gasteiger partial charge < -0.3 is 4.74 Å². The van der Waals surface area contributed by atoms with Gasteiger partial charge in [0.25, 0.3) is 0 Å². The Hall–Kier alpha value is -2.97. The van der Waals surface area contributed by atoms with Crippen molar-refractivity contribution in [1.29, 1.82) is 0 Å². The van der Waals surface area contributed by atoms with Gasteiger partial charge in [-0.2, -0.15) is 0 Å². The van der Waals surface area contributed by atoms with Gasteiger partial charge in [-0.05, 0) is 67.8 Å². The lowest BCUT2D eigenvalue weighted by molar-refractivity contribution is -0.659. The molecule has 0 radical (unpaired) electrons. The topological polar surface area (TPSA) is 13.1 Å². The predicted molar refractivity (Wildman–Crippen MR) is 138 cm³/mol. The minimum absolute atomic E-state index is 0.0463. The zero-order chi connectivity index (χ0) is 23.5. The highest BCUT2D eigenvalue weighted by atomic mass is 16.5. The first-order valence-corrected chi connectivity index (χ1v) is 11.9. The molecule has 4 aromatic rings. The van der Waals surface area contributed by atoms with Crippen LogP contribution in [0.1, 0.15) is 57.2 Å². The number of pyridine rings is 1. The standard InChI is InChI=1S/C31H34NO/c1-19(2)21-14-20-12-13-32(6)30-28(20)26(16-21)24-10-8-9-11-25(24)27-17-23(31(3,4)5)15-22(18-33-7)29(27)30/h8-17,19H,18H2,1-7H3/q+1. The van der Waals surface area contributed by atoms with E-state index >= 15 is 0 Å². The molecule has 0 spiro atoms. The molecule has 33 heavy (non-hydrogen) atoms. The van der Waals surface area contributed by atoms with Crippen molar-refractivity contribution in [2.45, 2.75) is 52.6 Å². The van der Waals surface area contributed by atoms with Crippen molar-refractivity contribution >= 4 is 10.8 Å². The van der Waals surface area contributed by atoms with Crippen LogP contribution in [-0.4, -0.2) is 7.11 Å². The molecule has 2 heteroatoms. The number of hydrogen-bond acceptors (Lipinski definition) is 1. The van der Waals surface area contributed by atoms with Crippen LogP contribution in [0.2, 0.25) is 0 Å². The molecule has 3 aromatic carbocycles. The van der Waals surface area contributed by atoms with E-state index in [0.29, 0.717) is 12.5 Å². The van der Waals surface area contributed by atoms with E-state index in [1.807, 2.05) is 0 Å². The molecule has 1 aliphatic carbocycles. The van der Waals surface area contributed by atoms with Crippen molar-refractivity contribution in [3.8, 4) is 33.5 Å². The maximum Gasteiger partial charge on any atom is 0.221 e. The smallest absolute Gasteiger partial charge is 0.221 e. The van der Waals surface area contributed by atoms with Crippen molar-refractivity contribution in [2.75, 3.05) is 7.11 Å². The Labute approximate surface area is 197 Å². The number of nitrogens with zero attached hydrogens (tertiary/aromatic N) is 1. The molecule has 0 atom stereocenters. The Morgan fingerprint density at radius 2 is 1.58 bits per heavy atom. The van der Waals surface area contributed by atoms with E-state index in [-0.39, 0.29) is 5.41 Å². The summed E-state index contributed by atoms with van der Waals surface area (Å²) < 4.78 is 8.05. The van der Waals surface area contributed by atoms with Gasteiger partial charge in [0.1, 0.15) is 7.05 Å². The zero-order valence-electron chi connectivity index (χ0n) is 20.9. The Morgan fingerprint density at radius 1 is 0.879 bits per heavy atom. The lowest BCUT2D eigenvalue weighted by atomic mass is 9.81. The molecule has 0 N–H and O–H groups in total. The maximum atomic E-state index is 5.76. The Bertz CT molecular complexity index is 1390. The number of hydrogen-bond donors (Lipinski definition) is 0. The van der Waals surface area contributed by atoms with Gasteiger partial charge in [-0.1, -0.05) is 71.0 Å². The second-order valence-corrected chi connectivity index (χ2v) is 10.7. The van der Waals surface area contributed by atoms with E-state index < -0.39 is 0 Å². The molecule has 2 nitrogen and oxygen atoms in total. The fourth-order valence-corrected chi connectivity index (χ4v) is 5.22. The minimum Gasteiger partial charge on any atom is -0.380 e. The summed E-state index contributed by atoms with van der Waals surface area (Å²) in [5.74, 6) is 0.470. The molecule has 0 fully saturated rings. The highest BCUT2D eigenvalue weighted by Gasteiger charge is 2.31.